The normalized spacial score (nSPS) is 15.8. The Hall–Kier alpha value is -2.08. The van der Waals surface area contributed by atoms with E-state index in [1.807, 2.05) is 36.4 Å². The summed E-state index contributed by atoms with van der Waals surface area (Å²) in [4.78, 5) is 15.0. The molecule has 0 unspecified atom stereocenters. The second-order valence-corrected chi connectivity index (χ2v) is 7.23. The smallest absolute Gasteiger partial charge is 0.251 e. The fourth-order valence-electron chi connectivity index (χ4n) is 3.25. The maximum Gasteiger partial charge on any atom is 0.251 e. The van der Waals surface area contributed by atoms with Crippen molar-refractivity contribution in [1.82, 2.24) is 10.2 Å². The molecule has 5 nitrogen and oxygen atoms in total. The van der Waals surface area contributed by atoms with Gasteiger partial charge in [0.1, 0.15) is 5.75 Å². The first-order valence-corrected chi connectivity index (χ1v) is 10.1. The molecule has 0 saturated carbocycles. The number of amides is 1. The van der Waals surface area contributed by atoms with Gasteiger partial charge in [0.25, 0.3) is 5.91 Å². The van der Waals surface area contributed by atoms with Crippen molar-refractivity contribution in [2.24, 2.45) is 0 Å². The van der Waals surface area contributed by atoms with Gasteiger partial charge >= 0.3 is 0 Å². The SMILES string of the molecule is CCCOc1ccc(C(=O)NC[C@H](c2ccc(Cl)cc2)N2CCOCC2)cc1. The van der Waals surface area contributed by atoms with E-state index in [0.717, 1.165) is 30.8 Å². The molecule has 0 spiro atoms. The monoisotopic (exact) mass is 402 g/mol. The Morgan fingerprint density at radius 2 is 1.82 bits per heavy atom. The maximum absolute atomic E-state index is 12.6. The van der Waals surface area contributed by atoms with Crippen LogP contribution in [0.4, 0.5) is 0 Å². The van der Waals surface area contributed by atoms with Gasteiger partial charge in [0.2, 0.25) is 0 Å². The van der Waals surface area contributed by atoms with Gasteiger partial charge in [-0.15, -0.1) is 0 Å². The van der Waals surface area contributed by atoms with Crippen LogP contribution in [-0.2, 0) is 4.74 Å². The van der Waals surface area contributed by atoms with Crippen LogP contribution in [0.15, 0.2) is 48.5 Å². The Morgan fingerprint density at radius 1 is 1.14 bits per heavy atom. The highest BCUT2D eigenvalue weighted by molar-refractivity contribution is 6.30. The minimum atomic E-state index is -0.0886. The molecule has 6 heteroatoms. The molecular formula is C22H27ClN2O3. The van der Waals surface area contributed by atoms with Crippen LogP contribution in [-0.4, -0.2) is 50.3 Å². The number of ether oxygens (including phenoxy) is 2. The number of nitrogens with zero attached hydrogens (tertiary/aromatic N) is 1. The first kappa shape index (κ1) is 20.6. The van der Waals surface area contributed by atoms with Gasteiger partial charge in [0.15, 0.2) is 0 Å². The zero-order valence-electron chi connectivity index (χ0n) is 16.2. The van der Waals surface area contributed by atoms with Crippen molar-refractivity contribution < 1.29 is 14.3 Å². The Morgan fingerprint density at radius 3 is 2.46 bits per heavy atom. The van der Waals surface area contributed by atoms with Gasteiger partial charge in [-0.25, -0.2) is 0 Å². The molecule has 1 heterocycles. The molecule has 28 heavy (non-hydrogen) atoms. The first-order chi connectivity index (χ1) is 13.7. The first-order valence-electron chi connectivity index (χ1n) is 9.75. The van der Waals surface area contributed by atoms with Crippen LogP contribution in [0.25, 0.3) is 0 Å². The molecule has 3 rings (SSSR count). The van der Waals surface area contributed by atoms with E-state index in [1.165, 1.54) is 0 Å². The van der Waals surface area contributed by atoms with E-state index in [1.54, 1.807) is 12.1 Å². The van der Waals surface area contributed by atoms with E-state index in [2.05, 4.69) is 17.1 Å². The molecule has 1 fully saturated rings. The molecule has 1 atom stereocenters. The zero-order valence-corrected chi connectivity index (χ0v) is 17.0. The van der Waals surface area contributed by atoms with Gasteiger partial charge in [0.05, 0.1) is 25.9 Å². The van der Waals surface area contributed by atoms with Crippen LogP contribution >= 0.6 is 11.6 Å². The number of hydrogen-bond donors (Lipinski definition) is 1. The summed E-state index contributed by atoms with van der Waals surface area (Å²) in [6.45, 7) is 6.35. The molecule has 2 aromatic rings. The molecule has 0 radical (unpaired) electrons. The van der Waals surface area contributed by atoms with Crippen LogP contribution < -0.4 is 10.1 Å². The molecule has 0 aliphatic carbocycles. The molecule has 1 amide bonds. The summed E-state index contributed by atoms with van der Waals surface area (Å²) in [5.74, 6) is 0.694. The van der Waals surface area contributed by atoms with Crippen LogP contribution in [0.5, 0.6) is 5.75 Å². The van der Waals surface area contributed by atoms with E-state index >= 15 is 0 Å². The molecule has 2 aromatic carbocycles. The number of morpholine rings is 1. The standard InChI is InChI=1S/C22H27ClN2O3/c1-2-13-28-20-9-5-18(6-10-20)22(26)24-16-21(25-11-14-27-15-12-25)17-3-7-19(23)8-4-17/h3-10,21H,2,11-16H2,1H3,(H,24,26)/t21-/m1/s1. The minimum absolute atomic E-state index is 0.0808. The predicted octanol–water partition coefficient (Wildman–Crippen LogP) is 3.93. The topological polar surface area (TPSA) is 50.8 Å². The van der Waals surface area contributed by atoms with Crippen molar-refractivity contribution in [3.05, 3.63) is 64.7 Å². The third-order valence-corrected chi connectivity index (χ3v) is 5.04. The van der Waals surface area contributed by atoms with Gasteiger partial charge in [0, 0.05) is 30.2 Å². The summed E-state index contributed by atoms with van der Waals surface area (Å²) in [6, 6.07) is 15.2. The van der Waals surface area contributed by atoms with Crippen molar-refractivity contribution in [3.63, 3.8) is 0 Å². The van der Waals surface area contributed by atoms with E-state index in [-0.39, 0.29) is 11.9 Å². The highest BCUT2D eigenvalue weighted by Crippen LogP contribution is 2.23. The largest absolute Gasteiger partial charge is 0.494 e. The summed E-state index contributed by atoms with van der Waals surface area (Å²) in [5, 5.41) is 3.78. The fraction of sp³-hybridized carbons (Fsp3) is 0.409. The van der Waals surface area contributed by atoms with Gasteiger partial charge in [-0.2, -0.15) is 0 Å². The number of halogens is 1. The lowest BCUT2D eigenvalue weighted by molar-refractivity contribution is 0.0162. The van der Waals surface area contributed by atoms with E-state index in [4.69, 9.17) is 21.1 Å². The van der Waals surface area contributed by atoms with Crippen molar-refractivity contribution in [2.75, 3.05) is 39.5 Å². The van der Waals surface area contributed by atoms with Crippen molar-refractivity contribution in [3.8, 4) is 5.75 Å². The average molecular weight is 403 g/mol. The lowest BCUT2D eigenvalue weighted by atomic mass is 10.0. The summed E-state index contributed by atoms with van der Waals surface area (Å²) in [7, 11) is 0. The molecule has 1 saturated heterocycles. The second-order valence-electron chi connectivity index (χ2n) is 6.80. The highest BCUT2D eigenvalue weighted by Gasteiger charge is 2.23. The fourth-order valence-corrected chi connectivity index (χ4v) is 3.37. The molecule has 1 N–H and O–H groups in total. The summed E-state index contributed by atoms with van der Waals surface area (Å²) in [6.07, 6.45) is 0.954. The molecule has 0 bridgehead atoms. The number of carbonyl (C=O) groups excluding carboxylic acids is 1. The maximum atomic E-state index is 12.6. The predicted molar refractivity (Wildman–Crippen MR) is 111 cm³/mol. The van der Waals surface area contributed by atoms with Crippen molar-refractivity contribution in [1.29, 1.82) is 0 Å². The van der Waals surface area contributed by atoms with Crippen molar-refractivity contribution in [2.45, 2.75) is 19.4 Å². The zero-order chi connectivity index (χ0) is 19.8. The summed E-state index contributed by atoms with van der Waals surface area (Å²) in [5.41, 5.74) is 1.76. The van der Waals surface area contributed by atoms with Gasteiger partial charge in [-0.3, -0.25) is 9.69 Å². The number of nitrogens with one attached hydrogen (secondary N) is 1. The highest BCUT2D eigenvalue weighted by atomic mass is 35.5. The number of benzene rings is 2. The molecule has 150 valence electrons. The lowest BCUT2D eigenvalue weighted by Crippen LogP contribution is -2.43. The van der Waals surface area contributed by atoms with Crippen LogP contribution in [0.1, 0.15) is 35.3 Å². The third kappa shape index (κ3) is 5.71. The van der Waals surface area contributed by atoms with E-state index < -0.39 is 0 Å². The minimum Gasteiger partial charge on any atom is -0.494 e. The Bertz CT molecular complexity index is 743. The van der Waals surface area contributed by atoms with E-state index in [0.29, 0.717) is 37.0 Å². The quantitative estimate of drug-likeness (QED) is 0.726. The van der Waals surface area contributed by atoms with Gasteiger partial charge in [-0.1, -0.05) is 30.7 Å². The average Bonchev–Trinajstić information content (AvgIpc) is 2.74. The Labute approximate surface area is 171 Å². The number of carbonyl (C=O) groups is 1. The molecule has 1 aliphatic heterocycles. The third-order valence-electron chi connectivity index (χ3n) is 4.79. The second kappa shape index (κ2) is 10.5. The van der Waals surface area contributed by atoms with Gasteiger partial charge < -0.3 is 14.8 Å². The number of rotatable bonds is 8. The summed E-state index contributed by atoms with van der Waals surface area (Å²) >= 11 is 6.04. The lowest BCUT2D eigenvalue weighted by Gasteiger charge is -2.35. The summed E-state index contributed by atoms with van der Waals surface area (Å²) < 4.78 is 11.1. The Kier molecular flexibility index (Phi) is 7.71. The van der Waals surface area contributed by atoms with Crippen LogP contribution in [0, 0.1) is 0 Å². The molecule has 0 aromatic heterocycles. The molecule has 1 aliphatic rings. The van der Waals surface area contributed by atoms with E-state index in [9.17, 15) is 4.79 Å². The number of hydrogen-bond acceptors (Lipinski definition) is 4. The van der Waals surface area contributed by atoms with Crippen LogP contribution in [0.2, 0.25) is 5.02 Å². The van der Waals surface area contributed by atoms with Gasteiger partial charge in [-0.05, 0) is 48.4 Å². The van der Waals surface area contributed by atoms with Crippen LogP contribution in [0.3, 0.4) is 0 Å². The Balaban J connectivity index is 1.65. The van der Waals surface area contributed by atoms with Crippen molar-refractivity contribution >= 4 is 17.5 Å². The molecular weight excluding hydrogens is 376 g/mol.